The monoisotopic (exact) mass is 380 g/mol. The van der Waals surface area contributed by atoms with Gasteiger partial charge in [0.05, 0.1) is 5.56 Å². The lowest BCUT2D eigenvalue weighted by molar-refractivity contribution is -0.129. The molecule has 0 saturated heterocycles. The van der Waals surface area contributed by atoms with Crippen LogP contribution in [0.15, 0.2) is 48.7 Å². The van der Waals surface area contributed by atoms with Crippen LogP contribution in [0.4, 0.5) is 0 Å². The van der Waals surface area contributed by atoms with Gasteiger partial charge in [-0.25, -0.2) is 4.79 Å². The maximum atomic E-state index is 12.5. The molecule has 3 aromatic rings. The Labute approximate surface area is 161 Å². The van der Waals surface area contributed by atoms with Crippen LogP contribution in [0.3, 0.4) is 0 Å². The molecule has 1 aliphatic rings. The number of nitrogens with zero attached hydrogens (tertiary/aromatic N) is 1. The van der Waals surface area contributed by atoms with Crippen molar-refractivity contribution in [3.63, 3.8) is 0 Å². The number of aromatic nitrogens is 1. The van der Waals surface area contributed by atoms with E-state index in [2.05, 4.69) is 5.32 Å². The summed E-state index contributed by atoms with van der Waals surface area (Å²) in [5.41, 5.74) is 2.23. The molecule has 0 aliphatic carbocycles. The van der Waals surface area contributed by atoms with E-state index in [0.717, 1.165) is 16.5 Å². The van der Waals surface area contributed by atoms with Gasteiger partial charge in [0.2, 0.25) is 6.79 Å². The number of rotatable bonds is 5. The molecule has 0 bridgehead atoms. The van der Waals surface area contributed by atoms with E-state index in [-0.39, 0.29) is 12.7 Å². The van der Waals surface area contributed by atoms with Gasteiger partial charge in [-0.15, -0.1) is 0 Å². The summed E-state index contributed by atoms with van der Waals surface area (Å²) in [6, 6.07) is 13.0. The van der Waals surface area contributed by atoms with Gasteiger partial charge in [-0.1, -0.05) is 24.3 Å². The Bertz CT molecular complexity index is 1060. The van der Waals surface area contributed by atoms with E-state index in [1.54, 1.807) is 19.2 Å². The Morgan fingerprint density at radius 3 is 2.82 bits per heavy atom. The topological polar surface area (TPSA) is 78.8 Å². The molecule has 4 rings (SSSR count). The molecule has 1 aromatic heterocycles. The molecule has 1 atom stereocenters. The van der Waals surface area contributed by atoms with Crippen LogP contribution in [0.5, 0.6) is 11.5 Å². The highest BCUT2D eigenvalue weighted by atomic mass is 16.7. The molecule has 0 spiro atoms. The van der Waals surface area contributed by atoms with Crippen molar-refractivity contribution < 1.29 is 23.8 Å². The van der Waals surface area contributed by atoms with Gasteiger partial charge in [0.15, 0.2) is 17.6 Å². The highest BCUT2D eigenvalue weighted by Crippen LogP contribution is 2.32. The van der Waals surface area contributed by atoms with E-state index < -0.39 is 12.1 Å². The van der Waals surface area contributed by atoms with Gasteiger partial charge in [0.25, 0.3) is 5.91 Å². The minimum atomic E-state index is -0.916. The van der Waals surface area contributed by atoms with E-state index in [1.807, 2.05) is 48.0 Å². The van der Waals surface area contributed by atoms with Crippen LogP contribution in [0.2, 0.25) is 0 Å². The normalized spacial score (nSPS) is 13.4. The van der Waals surface area contributed by atoms with Gasteiger partial charge in [-0.2, -0.15) is 0 Å². The number of amides is 1. The van der Waals surface area contributed by atoms with E-state index in [9.17, 15) is 9.59 Å². The smallest absolute Gasteiger partial charge is 0.341 e. The fraction of sp³-hybridized carbons (Fsp3) is 0.238. The number of aryl methyl sites for hydroxylation is 1. The van der Waals surface area contributed by atoms with Gasteiger partial charge >= 0.3 is 5.97 Å². The number of fused-ring (bicyclic) bond motifs is 2. The van der Waals surface area contributed by atoms with Crippen LogP contribution in [0.1, 0.15) is 22.8 Å². The summed E-state index contributed by atoms with van der Waals surface area (Å²) in [7, 11) is 1.86. The van der Waals surface area contributed by atoms with Crippen molar-refractivity contribution in [3.05, 3.63) is 59.8 Å². The number of hydrogen-bond acceptors (Lipinski definition) is 5. The van der Waals surface area contributed by atoms with Gasteiger partial charge in [-0.3, -0.25) is 4.79 Å². The molecule has 7 heteroatoms. The van der Waals surface area contributed by atoms with E-state index in [0.29, 0.717) is 23.6 Å². The molecule has 0 radical (unpaired) electrons. The molecule has 7 nitrogen and oxygen atoms in total. The summed E-state index contributed by atoms with van der Waals surface area (Å²) in [5.74, 6) is 0.448. The molecular formula is C21H20N2O5. The zero-order valence-electron chi connectivity index (χ0n) is 15.6. The highest BCUT2D eigenvalue weighted by Gasteiger charge is 2.22. The van der Waals surface area contributed by atoms with Crippen LogP contribution in [-0.2, 0) is 23.1 Å². The summed E-state index contributed by atoms with van der Waals surface area (Å²) >= 11 is 0. The number of esters is 1. The Balaban J connectivity index is 1.38. The average molecular weight is 380 g/mol. The van der Waals surface area contributed by atoms with Crippen molar-refractivity contribution in [1.82, 2.24) is 9.88 Å². The quantitative estimate of drug-likeness (QED) is 0.689. The lowest BCUT2D eigenvalue weighted by atomic mass is 10.2. The van der Waals surface area contributed by atoms with Crippen LogP contribution >= 0.6 is 0 Å². The van der Waals surface area contributed by atoms with Gasteiger partial charge < -0.3 is 24.1 Å². The molecule has 28 heavy (non-hydrogen) atoms. The van der Waals surface area contributed by atoms with E-state index in [4.69, 9.17) is 14.2 Å². The zero-order valence-corrected chi connectivity index (χ0v) is 15.6. The minimum Gasteiger partial charge on any atom is -0.454 e. The average Bonchev–Trinajstić information content (AvgIpc) is 3.30. The lowest BCUT2D eigenvalue weighted by Crippen LogP contribution is -2.35. The van der Waals surface area contributed by atoms with Crippen LogP contribution in [0, 0.1) is 0 Å². The molecule has 1 aliphatic heterocycles. The lowest BCUT2D eigenvalue weighted by Gasteiger charge is -2.13. The summed E-state index contributed by atoms with van der Waals surface area (Å²) in [5, 5.41) is 3.57. The van der Waals surface area contributed by atoms with Gasteiger partial charge in [-0.05, 0) is 30.7 Å². The standard InChI is InChI=1S/C21H20N2O5/c1-13(20(24)22-10-14-7-8-18-19(9-14)27-12-26-18)28-21(25)16-11-23(2)17-6-4-3-5-15(16)17/h3-9,11,13H,10,12H2,1-2H3,(H,22,24)/t13-/m1/s1. The number of ether oxygens (including phenoxy) is 3. The Kier molecular flexibility index (Phi) is 4.65. The number of benzene rings is 2. The van der Waals surface area contributed by atoms with Crippen molar-refractivity contribution in [3.8, 4) is 11.5 Å². The zero-order chi connectivity index (χ0) is 19.7. The fourth-order valence-corrected chi connectivity index (χ4v) is 3.17. The fourth-order valence-electron chi connectivity index (χ4n) is 3.17. The first-order valence-corrected chi connectivity index (χ1v) is 8.94. The Morgan fingerprint density at radius 1 is 1.18 bits per heavy atom. The van der Waals surface area contributed by atoms with E-state index >= 15 is 0 Å². The third-order valence-electron chi connectivity index (χ3n) is 4.67. The maximum Gasteiger partial charge on any atom is 0.341 e. The van der Waals surface area contributed by atoms with E-state index in [1.165, 1.54) is 0 Å². The first-order valence-electron chi connectivity index (χ1n) is 8.94. The number of carbonyl (C=O) groups excluding carboxylic acids is 2. The second-order valence-electron chi connectivity index (χ2n) is 6.62. The second kappa shape index (κ2) is 7.26. The first-order chi connectivity index (χ1) is 13.5. The predicted molar refractivity (Wildman–Crippen MR) is 102 cm³/mol. The first kappa shape index (κ1) is 17.9. The maximum absolute atomic E-state index is 12.5. The summed E-state index contributed by atoms with van der Waals surface area (Å²) in [4.78, 5) is 24.9. The van der Waals surface area contributed by atoms with Gasteiger partial charge in [0, 0.05) is 30.7 Å². The number of para-hydroxylation sites is 1. The third kappa shape index (κ3) is 3.38. The second-order valence-corrected chi connectivity index (χ2v) is 6.62. The van der Waals surface area contributed by atoms with Crippen molar-refractivity contribution in [2.24, 2.45) is 7.05 Å². The van der Waals surface area contributed by atoms with Crippen LogP contribution in [0.25, 0.3) is 10.9 Å². The molecule has 2 aromatic carbocycles. The summed E-state index contributed by atoms with van der Waals surface area (Å²) < 4.78 is 17.8. The highest BCUT2D eigenvalue weighted by molar-refractivity contribution is 6.05. The number of carbonyl (C=O) groups is 2. The Hall–Kier alpha value is -3.48. The molecule has 1 amide bonds. The minimum absolute atomic E-state index is 0.201. The van der Waals surface area contributed by atoms with Crippen molar-refractivity contribution in [2.45, 2.75) is 19.6 Å². The molecule has 144 valence electrons. The number of hydrogen-bond donors (Lipinski definition) is 1. The number of nitrogens with one attached hydrogen (secondary N) is 1. The summed E-state index contributed by atoms with van der Waals surface area (Å²) in [6.07, 6.45) is 0.796. The van der Waals surface area contributed by atoms with Crippen molar-refractivity contribution >= 4 is 22.8 Å². The molecule has 0 fully saturated rings. The largest absolute Gasteiger partial charge is 0.454 e. The SMILES string of the molecule is C[C@@H](OC(=O)c1cn(C)c2ccccc12)C(=O)NCc1ccc2c(c1)OCO2. The Morgan fingerprint density at radius 2 is 1.96 bits per heavy atom. The van der Waals surface area contributed by atoms with Crippen LogP contribution in [-0.4, -0.2) is 29.3 Å². The molecule has 1 N–H and O–H groups in total. The predicted octanol–water partition coefficient (Wildman–Crippen LogP) is 2.77. The molecule has 0 unspecified atom stereocenters. The van der Waals surface area contributed by atoms with Crippen molar-refractivity contribution in [2.75, 3.05) is 6.79 Å². The molecular weight excluding hydrogens is 360 g/mol. The van der Waals surface area contributed by atoms with Crippen molar-refractivity contribution in [1.29, 1.82) is 0 Å². The summed E-state index contributed by atoms with van der Waals surface area (Å²) in [6.45, 7) is 2.05. The molecule has 2 heterocycles. The third-order valence-corrected chi connectivity index (χ3v) is 4.67. The van der Waals surface area contributed by atoms with Gasteiger partial charge in [0.1, 0.15) is 0 Å². The molecule has 0 saturated carbocycles. The van der Waals surface area contributed by atoms with Crippen LogP contribution < -0.4 is 14.8 Å².